The van der Waals surface area contributed by atoms with Crippen LogP contribution < -0.4 is 24.6 Å². The van der Waals surface area contributed by atoms with E-state index in [4.69, 9.17) is 61.0 Å². The normalized spacial score (nSPS) is 19.2. The number of hydrogen-bond acceptors (Lipinski definition) is 9. The van der Waals surface area contributed by atoms with Gasteiger partial charge in [0.1, 0.15) is 24.6 Å². The molecule has 63 heavy (non-hydrogen) atoms. The van der Waals surface area contributed by atoms with Crippen LogP contribution in [-0.2, 0) is 35.0 Å². The average molecular weight is 977 g/mol. The molecule has 348 valence electrons. The molecule has 1 amide bonds. The van der Waals surface area contributed by atoms with Crippen LogP contribution in [0.4, 0.5) is 37.7 Å². The lowest BCUT2D eigenvalue weighted by molar-refractivity contribution is -0.143. The Balaban J connectivity index is 0.000000229. The molecule has 4 atom stereocenters. The van der Waals surface area contributed by atoms with Crippen LogP contribution in [0.3, 0.4) is 0 Å². The summed E-state index contributed by atoms with van der Waals surface area (Å²) in [6.45, 7) is 13.0. The maximum Gasteiger partial charge on any atom is 0.436 e. The predicted molar refractivity (Wildman–Crippen MR) is 230 cm³/mol. The van der Waals surface area contributed by atoms with Gasteiger partial charge in [-0.05, 0) is 65.8 Å². The number of piperazine rings is 2. The standard InChI is InChI=1S/C20H23Cl2F3N4O2.C13H19ClN2O.C7H6ClF3N2O2/c1-11-9-28(12(2)8-27(11)14-5-6-15(21)16(7-14)31-4)17(30)10-29-13(3)18(22)19(26-29)20(23,24)25;1-9-8-16(10(2)7-15-9)11-4-5-12(14)13(6-11)17-3;1-3-5(8)6(7(9,10)11)12-13(3)2-4(14)15/h5-7,11-12H,8-10H2,1-4H3;4-6,9-10,15H,7-8H2,1-3H3;2H2,1H3,(H,14,15)/t11-,12-;9-,10-;/m00./s1. The topological polar surface area (TPSA) is 130 Å². The van der Waals surface area contributed by atoms with Crippen molar-refractivity contribution in [3.8, 4) is 11.5 Å². The summed E-state index contributed by atoms with van der Waals surface area (Å²) in [6, 6.07) is 12.2. The fourth-order valence-corrected chi connectivity index (χ4v) is 7.81. The van der Waals surface area contributed by atoms with Crippen molar-refractivity contribution in [2.75, 3.05) is 50.2 Å². The van der Waals surface area contributed by atoms with Crippen LogP contribution in [-0.4, -0.2) is 106 Å². The van der Waals surface area contributed by atoms with Crippen molar-refractivity contribution in [1.29, 1.82) is 0 Å². The zero-order valence-electron chi connectivity index (χ0n) is 35.5. The highest BCUT2D eigenvalue weighted by atomic mass is 35.5. The highest BCUT2D eigenvalue weighted by Gasteiger charge is 2.40. The lowest BCUT2D eigenvalue weighted by Crippen LogP contribution is -2.58. The Labute approximate surface area is 380 Å². The van der Waals surface area contributed by atoms with Gasteiger partial charge in [0.25, 0.3) is 0 Å². The van der Waals surface area contributed by atoms with Gasteiger partial charge in [-0.3, -0.25) is 19.0 Å². The molecule has 2 fully saturated rings. The lowest BCUT2D eigenvalue weighted by Gasteiger charge is -2.45. The highest BCUT2D eigenvalue weighted by molar-refractivity contribution is 6.33. The number of amides is 1. The summed E-state index contributed by atoms with van der Waals surface area (Å²) in [5, 5.41) is 18.6. The van der Waals surface area contributed by atoms with Crippen molar-refractivity contribution in [2.45, 2.75) is 91.2 Å². The van der Waals surface area contributed by atoms with Gasteiger partial charge < -0.3 is 34.6 Å². The van der Waals surface area contributed by atoms with Crippen molar-refractivity contribution in [2.24, 2.45) is 0 Å². The van der Waals surface area contributed by atoms with E-state index in [1.54, 1.807) is 25.2 Å². The molecule has 4 heterocycles. The SMILES string of the molecule is COc1cc(N2C[C@H](C)N(C(=O)Cn3nc(C(F)(F)F)c(Cl)c3C)C[C@@H]2C)ccc1Cl.COc1cc(N2C[C@H](C)NC[C@@H]2C)ccc1Cl.Cc1c(Cl)c(C(F)(F)F)nn1CC(=O)O. The molecule has 2 aromatic carbocycles. The van der Waals surface area contributed by atoms with Crippen molar-refractivity contribution in [3.05, 3.63) is 79.3 Å². The number of nitrogens with zero attached hydrogens (tertiary/aromatic N) is 7. The van der Waals surface area contributed by atoms with Gasteiger partial charge in [0, 0.05) is 73.9 Å². The number of rotatable bonds is 8. The van der Waals surface area contributed by atoms with Gasteiger partial charge in [0.2, 0.25) is 5.91 Å². The zero-order valence-corrected chi connectivity index (χ0v) is 38.5. The van der Waals surface area contributed by atoms with Gasteiger partial charge >= 0.3 is 18.3 Å². The summed E-state index contributed by atoms with van der Waals surface area (Å²) in [6.07, 6.45) is -9.35. The van der Waals surface area contributed by atoms with Crippen LogP contribution in [0.2, 0.25) is 20.1 Å². The molecule has 4 aromatic rings. The van der Waals surface area contributed by atoms with E-state index in [9.17, 15) is 35.9 Å². The third-order valence-corrected chi connectivity index (χ3v) is 11.9. The van der Waals surface area contributed by atoms with E-state index in [-0.39, 0.29) is 35.9 Å². The maximum atomic E-state index is 13.1. The molecule has 0 unspecified atom stereocenters. The molecule has 2 aromatic heterocycles. The Kier molecular flexibility index (Phi) is 17.2. The molecule has 0 saturated carbocycles. The number of carboxylic acids is 1. The fraction of sp³-hybridized carbons (Fsp3) is 0.500. The van der Waals surface area contributed by atoms with Crippen molar-refractivity contribution in [3.63, 3.8) is 0 Å². The van der Waals surface area contributed by atoms with E-state index >= 15 is 0 Å². The summed E-state index contributed by atoms with van der Waals surface area (Å²) in [7, 11) is 3.19. The number of halogens is 10. The van der Waals surface area contributed by atoms with Gasteiger partial charge in [-0.2, -0.15) is 36.5 Å². The molecule has 6 rings (SSSR count). The molecule has 2 aliphatic heterocycles. The number of carboxylic acid groups (broad SMARTS) is 1. The molecule has 2 aliphatic rings. The maximum absolute atomic E-state index is 13.1. The Bertz CT molecular complexity index is 2240. The van der Waals surface area contributed by atoms with Gasteiger partial charge in [0.15, 0.2) is 11.4 Å². The van der Waals surface area contributed by atoms with Gasteiger partial charge in [-0.15, -0.1) is 0 Å². The molecule has 13 nitrogen and oxygen atoms in total. The van der Waals surface area contributed by atoms with Crippen molar-refractivity contribution in [1.82, 2.24) is 29.8 Å². The summed E-state index contributed by atoms with van der Waals surface area (Å²) in [5.74, 6) is -0.304. The van der Waals surface area contributed by atoms with Crippen molar-refractivity contribution >= 4 is 69.7 Å². The second-order valence-electron chi connectivity index (χ2n) is 15.0. The number of hydrogen-bond donors (Lipinski definition) is 2. The van der Waals surface area contributed by atoms with Crippen LogP contribution in [0, 0.1) is 13.8 Å². The van der Waals surface area contributed by atoms with Gasteiger partial charge in [0.05, 0.1) is 45.7 Å². The van der Waals surface area contributed by atoms with Crippen LogP contribution in [0.1, 0.15) is 50.5 Å². The number of methoxy groups -OCH3 is 2. The summed E-state index contributed by atoms with van der Waals surface area (Å²) < 4.78 is 88.2. The summed E-state index contributed by atoms with van der Waals surface area (Å²) in [4.78, 5) is 29.4. The van der Waals surface area contributed by atoms with E-state index in [0.29, 0.717) is 45.6 Å². The molecular weight excluding hydrogens is 928 g/mol. The Morgan fingerprint density at radius 2 is 1.16 bits per heavy atom. The molecule has 23 heteroatoms. The monoisotopic (exact) mass is 974 g/mol. The lowest BCUT2D eigenvalue weighted by atomic mass is 10.1. The summed E-state index contributed by atoms with van der Waals surface area (Å²) in [5.41, 5.74) is -0.268. The number of anilines is 2. The number of aromatic nitrogens is 4. The second-order valence-corrected chi connectivity index (χ2v) is 16.6. The molecular formula is C40H48Cl4F6N8O5. The van der Waals surface area contributed by atoms with E-state index in [2.05, 4.69) is 45.2 Å². The molecule has 0 aliphatic carbocycles. The van der Waals surface area contributed by atoms with E-state index < -0.39 is 46.3 Å². The first-order valence-corrected chi connectivity index (χ1v) is 20.8. The third kappa shape index (κ3) is 12.7. The van der Waals surface area contributed by atoms with E-state index in [0.717, 1.165) is 29.2 Å². The Hall–Kier alpha value is -4.30. The number of benzene rings is 2. The minimum atomic E-state index is -4.68. The quantitative estimate of drug-likeness (QED) is 0.165. The van der Waals surface area contributed by atoms with Crippen LogP contribution >= 0.6 is 46.4 Å². The number of aliphatic carboxylic acids is 1. The Morgan fingerprint density at radius 3 is 1.57 bits per heavy atom. The second kappa shape index (κ2) is 21.1. The minimum Gasteiger partial charge on any atom is -0.495 e. The number of carbonyl (C=O) groups excluding carboxylic acids is 1. The first-order chi connectivity index (χ1) is 29.3. The Morgan fingerprint density at radius 1 is 0.714 bits per heavy atom. The van der Waals surface area contributed by atoms with Crippen molar-refractivity contribution < 1.29 is 50.5 Å². The minimum absolute atomic E-state index is 0.0219. The van der Waals surface area contributed by atoms with Crippen LogP contribution in [0.5, 0.6) is 11.5 Å². The molecule has 2 saturated heterocycles. The average Bonchev–Trinajstić information content (AvgIpc) is 3.66. The molecule has 0 radical (unpaired) electrons. The summed E-state index contributed by atoms with van der Waals surface area (Å²) >= 11 is 23.3. The predicted octanol–water partition coefficient (Wildman–Crippen LogP) is 9.14. The number of ether oxygens (including phenoxy) is 2. The fourth-order valence-electron chi connectivity index (χ4n) is 6.94. The van der Waals surface area contributed by atoms with Crippen LogP contribution in [0.25, 0.3) is 0 Å². The zero-order chi connectivity index (χ0) is 47.3. The smallest absolute Gasteiger partial charge is 0.436 e. The molecule has 2 N–H and O–H groups in total. The highest BCUT2D eigenvalue weighted by Crippen LogP contribution is 2.37. The first kappa shape index (κ1) is 51.3. The molecule has 0 spiro atoms. The van der Waals surface area contributed by atoms with Crippen LogP contribution in [0.15, 0.2) is 36.4 Å². The number of carbonyl (C=O) groups is 2. The van der Waals surface area contributed by atoms with Gasteiger partial charge in [-0.25, -0.2) is 0 Å². The molecule has 0 bridgehead atoms. The van der Waals surface area contributed by atoms with E-state index in [1.807, 2.05) is 38.1 Å². The third-order valence-electron chi connectivity index (χ3n) is 10.4. The van der Waals surface area contributed by atoms with Gasteiger partial charge in [-0.1, -0.05) is 46.4 Å². The largest absolute Gasteiger partial charge is 0.495 e. The van der Waals surface area contributed by atoms with E-state index in [1.165, 1.54) is 19.5 Å². The number of alkyl halides is 6. The number of nitrogens with one attached hydrogen (secondary N) is 1. The first-order valence-electron chi connectivity index (χ1n) is 19.3.